The molecule has 136 valence electrons. The number of aryl methyl sites for hydroxylation is 1. The summed E-state index contributed by atoms with van der Waals surface area (Å²) >= 11 is 1.21. The highest BCUT2D eigenvalue weighted by Gasteiger charge is 2.15. The zero-order valence-electron chi connectivity index (χ0n) is 14.5. The number of amides is 1. The van der Waals surface area contributed by atoms with Crippen molar-refractivity contribution >= 4 is 29.0 Å². The van der Waals surface area contributed by atoms with E-state index in [1.54, 1.807) is 18.2 Å². The van der Waals surface area contributed by atoms with Crippen molar-refractivity contribution in [3.8, 4) is 11.3 Å². The topological polar surface area (TPSA) is 98.0 Å². The second kappa shape index (κ2) is 8.41. The van der Waals surface area contributed by atoms with Crippen LogP contribution in [0.5, 0.6) is 0 Å². The predicted molar refractivity (Wildman–Crippen MR) is 105 cm³/mol. The fraction of sp³-hybridized carbons (Fsp3) is 0.105. The molecule has 0 bridgehead atoms. The smallest absolute Gasteiger partial charge is 0.292 e. The van der Waals surface area contributed by atoms with E-state index in [4.69, 9.17) is 0 Å². The first-order chi connectivity index (χ1) is 13.0. The number of benzene rings is 2. The van der Waals surface area contributed by atoms with Gasteiger partial charge in [-0.3, -0.25) is 14.9 Å². The molecule has 27 heavy (non-hydrogen) atoms. The molecule has 8 heteroatoms. The van der Waals surface area contributed by atoms with Crippen LogP contribution in [0.15, 0.2) is 65.7 Å². The number of nitrogens with zero attached hydrogens (tertiary/aromatic N) is 3. The lowest BCUT2D eigenvalue weighted by Crippen LogP contribution is -2.15. The van der Waals surface area contributed by atoms with Crippen molar-refractivity contribution in [1.29, 1.82) is 0 Å². The molecule has 0 radical (unpaired) electrons. The molecule has 7 nitrogen and oxygen atoms in total. The van der Waals surface area contributed by atoms with Gasteiger partial charge in [0.05, 0.1) is 16.4 Å². The number of para-hydroxylation sites is 2. The molecule has 1 N–H and O–H groups in total. The summed E-state index contributed by atoms with van der Waals surface area (Å²) in [4.78, 5) is 22.5. The monoisotopic (exact) mass is 380 g/mol. The van der Waals surface area contributed by atoms with E-state index >= 15 is 0 Å². The van der Waals surface area contributed by atoms with E-state index in [9.17, 15) is 14.9 Å². The molecular weight excluding hydrogens is 364 g/mol. The van der Waals surface area contributed by atoms with E-state index in [1.165, 1.54) is 29.5 Å². The Morgan fingerprint density at radius 2 is 1.81 bits per heavy atom. The third kappa shape index (κ3) is 4.89. The first-order valence-electron chi connectivity index (χ1n) is 8.10. The lowest BCUT2D eigenvalue weighted by Gasteiger charge is -2.06. The molecule has 1 heterocycles. The highest BCUT2D eigenvalue weighted by Crippen LogP contribution is 2.24. The summed E-state index contributed by atoms with van der Waals surface area (Å²) in [5, 5.41) is 22.4. The van der Waals surface area contributed by atoms with Gasteiger partial charge < -0.3 is 5.32 Å². The van der Waals surface area contributed by atoms with E-state index in [0.29, 0.717) is 5.03 Å². The average Bonchev–Trinajstić information content (AvgIpc) is 2.68. The zero-order valence-corrected chi connectivity index (χ0v) is 15.3. The highest BCUT2D eigenvalue weighted by molar-refractivity contribution is 7.99. The molecule has 0 aliphatic rings. The zero-order chi connectivity index (χ0) is 19.2. The van der Waals surface area contributed by atoms with E-state index in [1.807, 2.05) is 37.3 Å². The summed E-state index contributed by atoms with van der Waals surface area (Å²) in [5.74, 6) is -0.274. The molecule has 0 aliphatic heterocycles. The number of thioether (sulfide) groups is 1. The second-order valence-electron chi connectivity index (χ2n) is 5.73. The maximum atomic E-state index is 12.1. The quantitative estimate of drug-likeness (QED) is 0.393. The lowest BCUT2D eigenvalue weighted by molar-refractivity contribution is -0.383. The van der Waals surface area contributed by atoms with E-state index in [0.717, 1.165) is 11.3 Å². The van der Waals surface area contributed by atoms with Gasteiger partial charge in [-0.25, -0.2) is 0 Å². The third-order valence-electron chi connectivity index (χ3n) is 3.71. The van der Waals surface area contributed by atoms with Gasteiger partial charge in [0.1, 0.15) is 10.7 Å². The molecule has 0 saturated carbocycles. The largest absolute Gasteiger partial charge is 0.320 e. The standard InChI is InChI=1S/C19H16N4O3S/c1-13-6-8-14(9-7-13)15-10-11-19(22-21-15)27-12-18(24)20-16-4-2-3-5-17(16)23(25)26/h2-11H,12H2,1H3,(H,20,24). The summed E-state index contributed by atoms with van der Waals surface area (Å²) in [6.07, 6.45) is 0. The van der Waals surface area contributed by atoms with Gasteiger partial charge in [-0.2, -0.15) is 0 Å². The highest BCUT2D eigenvalue weighted by atomic mass is 32.2. The van der Waals surface area contributed by atoms with Gasteiger partial charge in [-0.1, -0.05) is 53.7 Å². The Labute approximate surface area is 160 Å². The van der Waals surface area contributed by atoms with Crippen molar-refractivity contribution < 1.29 is 9.72 Å². The molecule has 1 amide bonds. The fourth-order valence-electron chi connectivity index (χ4n) is 2.34. The molecule has 1 aromatic heterocycles. The summed E-state index contributed by atoms with van der Waals surface area (Å²) in [7, 11) is 0. The number of rotatable bonds is 6. The van der Waals surface area contributed by atoms with Gasteiger partial charge in [0, 0.05) is 11.6 Å². The van der Waals surface area contributed by atoms with Gasteiger partial charge in [0.25, 0.3) is 5.69 Å². The van der Waals surface area contributed by atoms with Crippen molar-refractivity contribution in [2.24, 2.45) is 0 Å². The van der Waals surface area contributed by atoms with Crippen molar-refractivity contribution in [3.05, 3.63) is 76.3 Å². The van der Waals surface area contributed by atoms with Crippen LogP contribution in [-0.4, -0.2) is 26.8 Å². The number of hydrogen-bond acceptors (Lipinski definition) is 6. The van der Waals surface area contributed by atoms with Crippen LogP contribution in [0.4, 0.5) is 11.4 Å². The lowest BCUT2D eigenvalue weighted by atomic mass is 10.1. The van der Waals surface area contributed by atoms with Crippen LogP contribution in [0.1, 0.15) is 5.56 Å². The fourth-order valence-corrected chi connectivity index (χ4v) is 2.95. The SMILES string of the molecule is Cc1ccc(-c2ccc(SCC(=O)Nc3ccccc3[N+](=O)[O-])nn2)cc1. The van der Waals surface area contributed by atoms with Gasteiger partial charge >= 0.3 is 0 Å². The predicted octanol–water partition coefficient (Wildman–Crippen LogP) is 4.09. The number of aromatic nitrogens is 2. The summed E-state index contributed by atoms with van der Waals surface area (Å²) in [6, 6.07) is 17.6. The minimum absolute atomic E-state index is 0.0740. The summed E-state index contributed by atoms with van der Waals surface area (Å²) < 4.78 is 0. The molecule has 3 aromatic rings. The first-order valence-corrected chi connectivity index (χ1v) is 9.08. The maximum absolute atomic E-state index is 12.1. The molecule has 0 spiro atoms. The Morgan fingerprint density at radius 3 is 2.48 bits per heavy atom. The molecular formula is C19H16N4O3S. The Kier molecular flexibility index (Phi) is 5.77. The van der Waals surface area contributed by atoms with Crippen LogP contribution in [0.25, 0.3) is 11.3 Å². The molecule has 0 aliphatic carbocycles. The van der Waals surface area contributed by atoms with Crippen LogP contribution in [-0.2, 0) is 4.79 Å². The number of anilines is 1. The van der Waals surface area contributed by atoms with E-state index in [2.05, 4.69) is 15.5 Å². The molecule has 0 saturated heterocycles. The van der Waals surface area contributed by atoms with E-state index in [-0.39, 0.29) is 23.0 Å². The molecule has 0 unspecified atom stereocenters. The van der Waals surface area contributed by atoms with Gasteiger partial charge in [-0.05, 0) is 25.1 Å². The number of nitro benzene ring substituents is 1. The average molecular weight is 380 g/mol. The maximum Gasteiger partial charge on any atom is 0.292 e. The number of nitrogens with one attached hydrogen (secondary N) is 1. The molecule has 0 atom stereocenters. The van der Waals surface area contributed by atoms with Crippen molar-refractivity contribution in [1.82, 2.24) is 10.2 Å². The second-order valence-corrected chi connectivity index (χ2v) is 6.73. The minimum Gasteiger partial charge on any atom is -0.320 e. The molecule has 0 fully saturated rings. The Bertz CT molecular complexity index is 959. The van der Waals surface area contributed by atoms with Crippen LogP contribution in [0, 0.1) is 17.0 Å². The van der Waals surface area contributed by atoms with Crippen molar-refractivity contribution in [2.75, 3.05) is 11.1 Å². The van der Waals surface area contributed by atoms with Gasteiger partial charge in [-0.15, -0.1) is 10.2 Å². The number of carbonyl (C=O) groups excluding carboxylic acids is 1. The normalized spacial score (nSPS) is 10.4. The summed E-state index contributed by atoms with van der Waals surface area (Å²) in [5.41, 5.74) is 2.93. The third-order valence-corrected chi connectivity index (χ3v) is 4.63. The van der Waals surface area contributed by atoms with Crippen molar-refractivity contribution in [3.63, 3.8) is 0 Å². The summed E-state index contributed by atoms with van der Waals surface area (Å²) in [6.45, 7) is 2.02. The van der Waals surface area contributed by atoms with Gasteiger partial charge in [0.2, 0.25) is 5.91 Å². The number of hydrogen-bond donors (Lipinski definition) is 1. The Morgan fingerprint density at radius 1 is 1.07 bits per heavy atom. The molecule has 2 aromatic carbocycles. The van der Waals surface area contributed by atoms with Crippen LogP contribution >= 0.6 is 11.8 Å². The van der Waals surface area contributed by atoms with Crippen molar-refractivity contribution in [2.45, 2.75) is 11.9 Å². The van der Waals surface area contributed by atoms with E-state index < -0.39 is 4.92 Å². The van der Waals surface area contributed by atoms with Crippen LogP contribution in [0.3, 0.4) is 0 Å². The number of carbonyl (C=O) groups is 1. The first kappa shape index (κ1) is 18.5. The van der Waals surface area contributed by atoms with Gasteiger partial charge in [0.15, 0.2) is 0 Å². The van der Waals surface area contributed by atoms with Crippen LogP contribution < -0.4 is 5.32 Å². The molecule has 3 rings (SSSR count). The number of nitro groups is 1. The Balaban J connectivity index is 1.59. The van der Waals surface area contributed by atoms with Crippen LogP contribution in [0.2, 0.25) is 0 Å². The minimum atomic E-state index is -0.530. The Hall–Kier alpha value is -3.26.